The fourth-order valence-corrected chi connectivity index (χ4v) is 5.78. The molecular formula is C26H22Cl2N2O4S. The lowest BCUT2D eigenvalue weighted by atomic mass is 9.88. The first kappa shape index (κ1) is 25.1. The number of anilines is 1. The third-order valence-electron chi connectivity index (χ3n) is 5.71. The standard InChI is InChI=1S/C26H22Cl2N2O4S/c1-3-33-26(32)22-18-9-7-14(2)11-21(18)35-25(22)30-24(31)15(13-29)12-16-8-10-20(34-16)17-5-4-6-19(27)23(17)28/h4-6,8,10,12,14H,3,7,9,11H2,1-2H3,(H,30,31)/b15-12+/t14-/m0/s1. The molecule has 1 N–H and O–H groups in total. The minimum absolute atomic E-state index is 0.169. The summed E-state index contributed by atoms with van der Waals surface area (Å²) in [6.07, 6.45) is 3.89. The number of esters is 1. The van der Waals surface area contributed by atoms with E-state index in [2.05, 4.69) is 12.2 Å². The van der Waals surface area contributed by atoms with Crippen LogP contribution < -0.4 is 5.32 Å². The number of ether oxygens (including phenoxy) is 1. The van der Waals surface area contributed by atoms with Crippen LogP contribution in [0, 0.1) is 17.2 Å². The summed E-state index contributed by atoms with van der Waals surface area (Å²) in [4.78, 5) is 26.8. The second kappa shape index (κ2) is 10.7. The van der Waals surface area contributed by atoms with Crippen LogP contribution in [0.25, 0.3) is 17.4 Å². The van der Waals surface area contributed by atoms with Crippen molar-refractivity contribution < 1.29 is 18.7 Å². The molecule has 0 bridgehead atoms. The number of nitrogens with zero attached hydrogens (tertiary/aromatic N) is 1. The summed E-state index contributed by atoms with van der Waals surface area (Å²) in [5.41, 5.74) is 1.75. The van der Waals surface area contributed by atoms with Crippen LogP contribution in [0.2, 0.25) is 10.0 Å². The number of fused-ring (bicyclic) bond motifs is 1. The van der Waals surface area contributed by atoms with E-state index in [4.69, 9.17) is 32.4 Å². The first-order chi connectivity index (χ1) is 16.8. The van der Waals surface area contributed by atoms with Gasteiger partial charge in [0.15, 0.2) is 0 Å². The molecule has 0 unspecified atom stereocenters. The maximum Gasteiger partial charge on any atom is 0.341 e. The van der Waals surface area contributed by atoms with Gasteiger partial charge in [-0.05, 0) is 61.9 Å². The Morgan fingerprint density at radius 1 is 1.31 bits per heavy atom. The Kier molecular flexibility index (Phi) is 7.66. The Morgan fingerprint density at radius 3 is 2.86 bits per heavy atom. The Hall–Kier alpha value is -3.05. The smallest absolute Gasteiger partial charge is 0.341 e. The molecule has 1 aliphatic rings. The minimum atomic E-state index is -0.636. The highest BCUT2D eigenvalue weighted by Crippen LogP contribution is 2.40. The molecule has 35 heavy (non-hydrogen) atoms. The van der Waals surface area contributed by atoms with Crippen molar-refractivity contribution in [3.05, 3.63) is 67.7 Å². The number of carbonyl (C=O) groups excluding carboxylic acids is 2. The lowest BCUT2D eigenvalue weighted by molar-refractivity contribution is -0.112. The molecule has 0 saturated carbocycles. The van der Waals surface area contributed by atoms with Gasteiger partial charge in [-0.15, -0.1) is 11.3 Å². The van der Waals surface area contributed by atoms with Crippen molar-refractivity contribution >= 4 is 57.5 Å². The summed E-state index contributed by atoms with van der Waals surface area (Å²) < 4.78 is 11.0. The van der Waals surface area contributed by atoms with Gasteiger partial charge in [0.05, 0.1) is 22.2 Å². The van der Waals surface area contributed by atoms with Gasteiger partial charge in [-0.3, -0.25) is 4.79 Å². The van der Waals surface area contributed by atoms with Crippen LogP contribution in [0.5, 0.6) is 0 Å². The molecule has 180 valence electrons. The number of hydrogen-bond donors (Lipinski definition) is 1. The zero-order valence-electron chi connectivity index (χ0n) is 19.1. The van der Waals surface area contributed by atoms with Gasteiger partial charge in [-0.1, -0.05) is 36.2 Å². The lowest BCUT2D eigenvalue weighted by Gasteiger charge is -2.18. The highest BCUT2D eigenvalue weighted by atomic mass is 35.5. The summed E-state index contributed by atoms with van der Waals surface area (Å²) in [6, 6.07) is 10.4. The number of halogens is 2. The molecular weight excluding hydrogens is 507 g/mol. The van der Waals surface area contributed by atoms with Crippen molar-refractivity contribution in [3.63, 3.8) is 0 Å². The van der Waals surface area contributed by atoms with Gasteiger partial charge in [0.1, 0.15) is 28.2 Å². The van der Waals surface area contributed by atoms with Crippen molar-refractivity contribution in [1.82, 2.24) is 0 Å². The largest absolute Gasteiger partial charge is 0.462 e. The average molecular weight is 529 g/mol. The number of amides is 1. The van der Waals surface area contributed by atoms with E-state index in [1.54, 1.807) is 37.3 Å². The average Bonchev–Trinajstić information content (AvgIpc) is 3.43. The van der Waals surface area contributed by atoms with Crippen LogP contribution in [0.4, 0.5) is 5.00 Å². The Morgan fingerprint density at radius 2 is 2.11 bits per heavy atom. The molecule has 2 heterocycles. The maximum atomic E-state index is 13.0. The quantitative estimate of drug-likeness (QED) is 0.208. The number of nitriles is 1. The maximum absolute atomic E-state index is 13.0. The molecule has 1 aromatic carbocycles. The second-order valence-corrected chi connectivity index (χ2v) is 10.1. The molecule has 6 nitrogen and oxygen atoms in total. The van der Waals surface area contributed by atoms with E-state index in [0.717, 1.165) is 29.7 Å². The number of hydrogen-bond acceptors (Lipinski definition) is 6. The van der Waals surface area contributed by atoms with E-state index < -0.39 is 11.9 Å². The van der Waals surface area contributed by atoms with Crippen molar-refractivity contribution in [2.45, 2.75) is 33.1 Å². The summed E-state index contributed by atoms with van der Waals surface area (Å²) >= 11 is 13.7. The van der Waals surface area contributed by atoms with Crippen molar-refractivity contribution in [2.75, 3.05) is 11.9 Å². The predicted molar refractivity (Wildman–Crippen MR) is 138 cm³/mol. The molecule has 3 aromatic rings. The van der Waals surface area contributed by atoms with Crippen LogP contribution in [0.1, 0.15) is 46.8 Å². The molecule has 0 saturated heterocycles. The van der Waals surface area contributed by atoms with Gasteiger partial charge >= 0.3 is 5.97 Å². The molecule has 2 aromatic heterocycles. The third-order valence-corrected chi connectivity index (χ3v) is 7.70. The predicted octanol–water partition coefficient (Wildman–Crippen LogP) is 7.16. The van der Waals surface area contributed by atoms with E-state index in [9.17, 15) is 14.9 Å². The molecule has 0 fully saturated rings. The second-order valence-electron chi connectivity index (χ2n) is 8.20. The lowest BCUT2D eigenvalue weighted by Crippen LogP contribution is -2.17. The van der Waals surface area contributed by atoms with Gasteiger partial charge in [-0.25, -0.2) is 4.79 Å². The number of rotatable bonds is 6. The highest BCUT2D eigenvalue weighted by molar-refractivity contribution is 7.17. The zero-order chi connectivity index (χ0) is 25.1. The summed E-state index contributed by atoms with van der Waals surface area (Å²) in [5, 5.41) is 13.5. The topological polar surface area (TPSA) is 92.3 Å². The first-order valence-corrected chi connectivity index (χ1v) is 12.7. The van der Waals surface area contributed by atoms with Crippen LogP contribution in [-0.2, 0) is 22.4 Å². The summed E-state index contributed by atoms with van der Waals surface area (Å²) in [7, 11) is 0. The van der Waals surface area contributed by atoms with Gasteiger partial charge < -0.3 is 14.5 Å². The van der Waals surface area contributed by atoms with E-state index in [1.807, 2.05) is 6.07 Å². The molecule has 1 atom stereocenters. The van der Waals surface area contributed by atoms with E-state index >= 15 is 0 Å². The summed E-state index contributed by atoms with van der Waals surface area (Å²) in [6.45, 7) is 4.13. The normalized spacial score (nSPS) is 15.3. The van der Waals surface area contributed by atoms with Crippen molar-refractivity contribution in [1.29, 1.82) is 5.26 Å². The Balaban J connectivity index is 1.61. The van der Waals surface area contributed by atoms with Crippen LogP contribution >= 0.6 is 34.5 Å². The van der Waals surface area contributed by atoms with E-state index in [0.29, 0.717) is 43.6 Å². The molecule has 0 spiro atoms. The molecule has 1 amide bonds. The Bertz CT molecular complexity index is 1370. The van der Waals surface area contributed by atoms with Crippen LogP contribution in [-0.4, -0.2) is 18.5 Å². The highest BCUT2D eigenvalue weighted by Gasteiger charge is 2.29. The van der Waals surface area contributed by atoms with E-state index in [1.165, 1.54) is 17.4 Å². The number of benzene rings is 1. The van der Waals surface area contributed by atoms with E-state index in [-0.39, 0.29) is 12.2 Å². The summed E-state index contributed by atoms with van der Waals surface area (Å²) in [5.74, 6) is 0.143. The molecule has 0 radical (unpaired) electrons. The van der Waals surface area contributed by atoms with Gasteiger partial charge in [-0.2, -0.15) is 5.26 Å². The van der Waals surface area contributed by atoms with Crippen molar-refractivity contribution in [2.24, 2.45) is 5.92 Å². The number of carbonyl (C=O) groups is 2. The molecule has 9 heteroatoms. The fourth-order valence-electron chi connectivity index (χ4n) is 3.99. The molecule has 4 rings (SSSR count). The fraction of sp³-hybridized carbons (Fsp3) is 0.269. The number of furan rings is 1. The third kappa shape index (κ3) is 5.30. The monoisotopic (exact) mass is 528 g/mol. The van der Waals surface area contributed by atoms with Crippen LogP contribution in [0.15, 0.2) is 40.3 Å². The van der Waals surface area contributed by atoms with Gasteiger partial charge in [0.2, 0.25) is 0 Å². The molecule has 0 aliphatic heterocycles. The van der Waals surface area contributed by atoms with Gasteiger partial charge in [0, 0.05) is 16.5 Å². The number of nitrogens with one attached hydrogen (secondary N) is 1. The zero-order valence-corrected chi connectivity index (χ0v) is 21.4. The van der Waals surface area contributed by atoms with Gasteiger partial charge in [0.25, 0.3) is 5.91 Å². The SMILES string of the molecule is CCOC(=O)c1c(NC(=O)/C(C#N)=C/c2ccc(-c3cccc(Cl)c3Cl)o2)sc2c1CC[C@H](C)C2. The van der Waals surface area contributed by atoms with Crippen LogP contribution in [0.3, 0.4) is 0 Å². The Labute approximate surface area is 217 Å². The van der Waals surface area contributed by atoms with Crippen molar-refractivity contribution in [3.8, 4) is 17.4 Å². The first-order valence-electron chi connectivity index (χ1n) is 11.1. The molecule has 1 aliphatic carbocycles. The number of thiophene rings is 1. The minimum Gasteiger partial charge on any atom is -0.462 e.